The fourth-order valence-electron chi connectivity index (χ4n) is 3.12. The minimum absolute atomic E-state index is 0.0978. The third-order valence-corrected chi connectivity index (χ3v) is 4.41. The van der Waals surface area contributed by atoms with Crippen LogP contribution in [0.2, 0.25) is 0 Å². The summed E-state index contributed by atoms with van der Waals surface area (Å²) in [5, 5.41) is 3.61. The molecule has 0 aromatic carbocycles. The highest BCUT2D eigenvalue weighted by atomic mass is 16.5. The Hall–Kier alpha value is -0.910. The van der Waals surface area contributed by atoms with Gasteiger partial charge in [0, 0.05) is 65.1 Å². The molecule has 2 rings (SSSR count). The summed E-state index contributed by atoms with van der Waals surface area (Å²) < 4.78 is 13.5. The van der Waals surface area contributed by atoms with Gasteiger partial charge in [-0.3, -0.25) is 0 Å². The Bertz CT molecular complexity index is 400. The van der Waals surface area contributed by atoms with Gasteiger partial charge in [0.25, 0.3) is 0 Å². The van der Waals surface area contributed by atoms with Gasteiger partial charge in [-0.1, -0.05) is 6.92 Å². The van der Waals surface area contributed by atoms with E-state index >= 15 is 0 Å². The summed E-state index contributed by atoms with van der Waals surface area (Å²) in [7, 11) is 3.88. The molecular formula is C15H27N3O2. The number of nitrogens with one attached hydrogen (secondary N) is 1. The molecule has 0 spiro atoms. The number of likely N-dealkylation sites (N-methyl/N-ethyl adjacent to an activating group) is 1. The van der Waals surface area contributed by atoms with Gasteiger partial charge in [0.05, 0.1) is 5.60 Å². The second-order valence-corrected chi connectivity index (χ2v) is 5.48. The first-order valence-electron chi connectivity index (χ1n) is 7.54. The Labute approximate surface area is 121 Å². The van der Waals surface area contributed by atoms with Crippen LogP contribution in [0.5, 0.6) is 0 Å². The van der Waals surface area contributed by atoms with Gasteiger partial charge in [-0.25, -0.2) is 4.98 Å². The highest BCUT2D eigenvalue weighted by Crippen LogP contribution is 2.30. The predicted molar refractivity (Wildman–Crippen MR) is 78.8 cm³/mol. The molecule has 1 unspecified atom stereocenters. The van der Waals surface area contributed by atoms with Crippen LogP contribution in [0, 0.1) is 0 Å². The molecule has 0 saturated carbocycles. The van der Waals surface area contributed by atoms with E-state index in [-0.39, 0.29) is 5.60 Å². The number of rotatable bonds is 7. The number of ether oxygens (including phenoxy) is 2. The maximum atomic E-state index is 5.92. The van der Waals surface area contributed by atoms with Gasteiger partial charge in [-0.15, -0.1) is 0 Å². The predicted octanol–water partition coefficient (Wildman–Crippen LogP) is 1.53. The molecular weight excluding hydrogens is 254 g/mol. The van der Waals surface area contributed by atoms with Crippen molar-refractivity contribution in [2.24, 2.45) is 7.05 Å². The summed E-state index contributed by atoms with van der Waals surface area (Å²) in [5.41, 5.74) is -0.0978. The van der Waals surface area contributed by atoms with Crippen molar-refractivity contribution < 1.29 is 9.47 Å². The van der Waals surface area contributed by atoms with Crippen molar-refractivity contribution in [3.63, 3.8) is 0 Å². The van der Waals surface area contributed by atoms with Crippen LogP contribution in [0.4, 0.5) is 0 Å². The van der Waals surface area contributed by atoms with E-state index in [1.165, 1.54) is 0 Å². The second-order valence-electron chi connectivity index (χ2n) is 5.48. The van der Waals surface area contributed by atoms with Crippen molar-refractivity contribution in [2.75, 3.05) is 26.9 Å². The smallest absolute Gasteiger partial charge is 0.108 e. The molecule has 20 heavy (non-hydrogen) atoms. The summed E-state index contributed by atoms with van der Waals surface area (Å²) >= 11 is 0. The molecule has 1 atom stereocenters. The molecule has 5 nitrogen and oxygen atoms in total. The van der Waals surface area contributed by atoms with E-state index in [0.717, 1.165) is 51.3 Å². The summed E-state index contributed by atoms with van der Waals surface area (Å²) in [5.74, 6) is 1.13. The zero-order valence-corrected chi connectivity index (χ0v) is 12.9. The van der Waals surface area contributed by atoms with E-state index < -0.39 is 0 Å². The summed E-state index contributed by atoms with van der Waals surface area (Å²) in [6.07, 6.45) is 7.78. The van der Waals surface area contributed by atoms with E-state index in [0.29, 0.717) is 6.04 Å². The van der Waals surface area contributed by atoms with Crippen LogP contribution in [0.3, 0.4) is 0 Å². The van der Waals surface area contributed by atoms with E-state index in [1.807, 2.05) is 26.6 Å². The number of methoxy groups -OCH3 is 1. The molecule has 0 radical (unpaired) electrons. The molecule has 114 valence electrons. The molecule has 1 aromatic heterocycles. The molecule has 5 heteroatoms. The van der Waals surface area contributed by atoms with Crippen LogP contribution in [-0.4, -0.2) is 48.1 Å². The lowest BCUT2D eigenvalue weighted by Crippen LogP contribution is -2.55. The molecule has 1 aliphatic rings. The van der Waals surface area contributed by atoms with Gasteiger partial charge >= 0.3 is 0 Å². The first kappa shape index (κ1) is 15.5. The summed E-state index contributed by atoms with van der Waals surface area (Å²) in [6.45, 7) is 4.68. The Kier molecular flexibility index (Phi) is 5.57. The molecule has 1 aliphatic heterocycles. The van der Waals surface area contributed by atoms with Gasteiger partial charge < -0.3 is 19.4 Å². The van der Waals surface area contributed by atoms with Crippen LogP contribution >= 0.6 is 0 Å². The highest BCUT2D eigenvalue weighted by Gasteiger charge is 2.39. The molecule has 1 N–H and O–H groups in total. The normalized spacial score (nSPS) is 19.9. The lowest BCUT2D eigenvalue weighted by atomic mass is 9.83. The molecule has 2 heterocycles. The van der Waals surface area contributed by atoms with Crippen LogP contribution in [-0.2, 0) is 22.9 Å². The lowest BCUT2D eigenvalue weighted by molar-refractivity contribution is -0.111. The van der Waals surface area contributed by atoms with Crippen molar-refractivity contribution in [1.29, 1.82) is 0 Å². The number of hydrogen-bond acceptors (Lipinski definition) is 4. The van der Waals surface area contributed by atoms with E-state index in [2.05, 4.69) is 21.8 Å². The maximum absolute atomic E-state index is 5.92. The summed E-state index contributed by atoms with van der Waals surface area (Å²) in [6, 6.07) is 0.345. The van der Waals surface area contributed by atoms with E-state index in [1.54, 1.807) is 0 Å². The Balaban J connectivity index is 2.03. The van der Waals surface area contributed by atoms with Gasteiger partial charge in [0.1, 0.15) is 5.82 Å². The standard InChI is InChI=1S/C15H27N3O2/c1-4-16-13(5-6-14-17-9-10-18(14)2)15(19-3)7-11-20-12-8-15/h9-10,13,16H,4-8,11-12H2,1-3H3. The molecule has 0 bridgehead atoms. The lowest BCUT2D eigenvalue weighted by Gasteiger charge is -2.42. The zero-order valence-electron chi connectivity index (χ0n) is 12.9. The highest BCUT2D eigenvalue weighted by molar-refractivity contribution is 4.98. The van der Waals surface area contributed by atoms with Gasteiger partial charge in [-0.2, -0.15) is 0 Å². The van der Waals surface area contributed by atoms with Crippen molar-refractivity contribution >= 4 is 0 Å². The van der Waals surface area contributed by atoms with E-state index in [4.69, 9.17) is 9.47 Å². The Morgan fingerprint density at radius 1 is 1.50 bits per heavy atom. The topological polar surface area (TPSA) is 48.3 Å². The van der Waals surface area contributed by atoms with Crippen LogP contribution < -0.4 is 5.32 Å². The average Bonchev–Trinajstić information content (AvgIpc) is 2.89. The Morgan fingerprint density at radius 2 is 2.25 bits per heavy atom. The molecule has 1 fully saturated rings. The molecule has 1 saturated heterocycles. The second kappa shape index (κ2) is 7.20. The minimum Gasteiger partial charge on any atom is -0.381 e. The number of nitrogens with zero attached hydrogens (tertiary/aromatic N) is 2. The van der Waals surface area contributed by atoms with Crippen molar-refractivity contribution in [3.05, 3.63) is 18.2 Å². The molecule has 0 amide bonds. The first-order chi connectivity index (χ1) is 9.72. The van der Waals surface area contributed by atoms with Crippen LogP contribution in [0.15, 0.2) is 12.4 Å². The number of aryl methyl sites for hydroxylation is 2. The van der Waals surface area contributed by atoms with Gasteiger partial charge in [0.15, 0.2) is 0 Å². The first-order valence-corrected chi connectivity index (χ1v) is 7.54. The quantitative estimate of drug-likeness (QED) is 0.823. The number of hydrogen-bond donors (Lipinski definition) is 1. The van der Waals surface area contributed by atoms with E-state index in [9.17, 15) is 0 Å². The van der Waals surface area contributed by atoms with Crippen molar-refractivity contribution in [3.8, 4) is 0 Å². The largest absolute Gasteiger partial charge is 0.381 e. The third-order valence-electron chi connectivity index (χ3n) is 4.41. The minimum atomic E-state index is -0.0978. The fraction of sp³-hybridized carbons (Fsp3) is 0.800. The Morgan fingerprint density at radius 3 is 2.80 bits per heavy atom. The maximum Gasteiger partial charge on any atom is 0.108 e. The van der Waals surface area contributed by atoms with Crippen molar-refractivity contribution in [1.82, 2.24) is 14.9 Å². The van der Waals surface area contributed by atoms with Gasteiger partial charge in [0.2, 0.25) is 0 Å². The number of aromatic nitrogens is 2. The van der Waals surface area contributed by atoms with Gasteiger partial charge in [-0.05, 0) is 13.0 Å². The zero-order chi connectivity index (χ0) is 14.4. The fourth-order valence-corrected chi connectivity index (χ4v) is 3.12. The molecule has 1 aromatic rings. The summed E-state index contributed by atoms with van der Waals surface area (Å²) in [4.78, 5) is 4.41. The van der Waals surface area contributed by atoms with Crippen LogP contribution in [0.1, 0.15) is 32.0 Å². The molecule has 0 aliphatic carbocycles. The van der Waals surface area contributed by atoms with Crippen LogP contribution in [0.25, 0.3) is 0 Å². The monoisotopic (exact) mass is 281 g/mol. The number of imidazole rings is 1. The SMILES string of the molecule is CCNC(CCc1nccn1C)C1(OC)CCOCC1. The third kappa shape index (κ3) is 3.40. The average molecular weight is 281 g/mol. The van der Waals surface area contributed by atoms with Crippen molar-refractivity contribution in [2.45, 2.75) is 44.2 Å².